The van der Waals surface area contributed by atoms with Crippen molar-refractivity contribution in [3.8, 4) is 0 Å². The van der Waals surface area contributed by atoms with E-state index >= 15 is 0 Å². The summed E-state index contributed by atoms with van der Waals surface area (Å²) in [6.07, 6.45) is 2.98. The van der Waals surface area contributed by atoms with E-state index in [-0.39, 0.29) is 23.6 Å². The SMILES string of the molecule is O=C(O)C1CCC(C(=O)NCCc2cccc(F)c2)CC1. The molecule has 1 aliphatic rings. The zero-order chi connectivity index (χ0) is 15.2. The Hall–Kier alpha value is -1.91. The van der Waals surface area contributed by atoms with Crippen LogP contribution in [0.2, 0.25) is 0 Å². The van der Waals surface area contributed by atoms with Crippen LogP contribution >= 0.6 is 0 Å². The van der Waals surface area contributed by atoms with Gasteiger partial charge in [-0.2, -0.15) is 0 Å². The molecule has 0 spiro atoms. The highest BCUT2D eigenvalue weighted by Gasteiger charge is 2.29. The van der Waals surface area contributed by atoms with E-state index in [0.29, 0.717) is 38.6 Å². The van der Waals surface area contributed by atoms with Crippen LogP contribution in [-0.4, -0.2) is 23.5 Å². The van der Waals surface area contributed by atoms with Crippen molar-refractivity contribution < 1.29 is 19.1 Å². The minimum atomic E-state index is -0.764. The number of amides is 1. The number of hydrogen-bond donors (Lipinski definition) is 2. The molecule has 5 heteroatoms. The number of hydrogen-bond acceptors (Lipinski definition) is 2. The van der Waals surface area contributed by atoms with E-state index in [9.17, 15) is 14.0 Å². The number of carbonyl (C=O) groups is 2. The molecule has 1 aliphatic carbocycles. The lowest BCUT2D eigenvalue weighted by Gasteiger charge is -2.25. The van der Waals surface area contributed by atoms with Gasteiger partial charge in [0.2, 0.25) is 5.91 Å². The number of carbonyl (C=O) groups excluding carboxylic acids is 1. The van der Waals surface area contributed by atoms with Gasteiger partial charge < -0.3 is 10.4 Å². The number of carboxylic acid groups (broad SMARTS) is 1. The van der Waals surface area contributed by atoms with Gasteiger partial charge in [-0.1, -0.05) is 12.1 Å². The maximum absolute atomic E-state index is 13.0. The van der Waals surface area contributed by atoms with Crippen LogP contribution in [0.1, 0.15) is 31.2 Å². The average molecular weight is 293 g/mol. The van der Waals surface area contributed by atoms with Crippen LogP contribution in [0.5, 0.6) is 0 Å². The molecule has 4 nitrogen and oxygen atoms in total. The zero-order valence-electron chi connectivity index (χ0n) is 11.8. The number of benzene rings is 1. The number of nitrogens with one attached hydrogen (secondary N) is 1. The summed E-state index contributed by atoms with van der Waals surface area (Å²) in [5.41, 5.74) is 0.852. The third-order valence-corrected chi connectivity index (χ3v) is 4.05. The molecule has 1 aromatic rings. The Kier molecular flexibility index (Phi) is 5.31. The van der Waals surface area contributed by atoms with Gasteiger partial charge in [0.1, 0.15) is 5.82 Å². The lowest BCUT2D eigenvalue weighted by atomic mass is 9.81. The molecule has 0 atom stereocenters. The van der Waals surface area contributed by atoms with Gasteiger partial charge in [0.15, 0.2) is 0 Å². The van der Waals surface area contributed by atoms with Crippen molar-refractivity contribution in [2.45, 2.75) is 32.1 Å². The largest absolute Gasteiger partial charge is 0.481 e. The fourth-order valence-corrected chi connectivity index (χ4v) is 2.77. The quantitative estimate of drug-likeness (QED) is 0.876. The van der Waals surface area contributed by atoms with Crippen LogP contribution in [-0.2, 0) is 16.0 Å². The summed E-state index contributed by atoms with van der Waals surface area (Å²) in [4.78, 5) is 22.9. The summed E-state index contributed by atoms with van der Waals surface area (Å²) in [7, 11) is 0. The molecule has 0 bridgehead atoms. The summed E-state index contributed by atoms with van der Waals surface area (Å²) in [6.45, 7) is 0.473. The van der Waals surface area contributed by atoms with Gasteiger partial charge >= 0.3 is 5.97 Å². The molecule has 0 heterocycles. The van der Waals surface area contributed by atoms with E-state index in [4.69, 9.17) is 5.11 Å². The van der Waals surface area contributed by atoms with Gasteiger partial charge in [0.25, 0.3) is 0 Å². The van der Waals surface area contributed by atoms with Crippen molar-refractivity contribution in [2.75, 3.05) is 6.54 Å². The van der Waals surface area contributed by atoms with Crippen molar-refractivity contribution in [2.24, 2.45) is 11.8 Å². The zero-order valence-corrected chi connectivity index (χ0v) is 11.8. The highest BCUT2D eigenvalue weighted by Crippen LogP contribution is 2.28. The average Bonchev–Trinajstić information content (AvgIpc) is 2.47. The molecule has 1 saturated carbocycles. The first-order valence-corrected chi connectivity index (χ1v) is 7.31. The van der Waals surface area contributed by atoms with Crippen LogP contribution in [0.15, 0.2) is 24.3 Å². The Labute approximate surface area is 123 Å². The molecule has 2 N–H and O–H groups in total. The number of halogens is 1. The van der Waals surface area contributed by atoms with Gasteiger partial charge in [-0.3, -0.25) is 9.59 Å². The second-order valence-electron chi connectivity index (χ2n) is 5.56. The van der Waals surface area contributed by atoms with E-state index in [1.165, 1.54) is 12.1 Å². The standard InChI is InChI=1S/C16H20FNO3/c17-14-3-1-2-11(10-14)8-9-18-15(19)12-4-6-13(7-5-12)16(20)21/h1-3,10,12-13H,4-9H2,(H,18,19)(H,20,21). The van der Waals surface area contributed by atoms with E-state index in [1.807, 2.05) is 6.07 Å². The third kappa shape index (κ3) is 4.55. The lowest BCUT2D eigenvalue weighted by Crippen LogP contribution is -2.35. The molecule has 0 saturated heterocycles. The number of aliphatic carboxylic acids is 1. The summed E-state index contributed by atoms with van der Waals surface area (Å²) in [5, 5.41) is 11.8. The first kappa shape index (κ1) is 15.5. The molecular weight excluding hydrogens is 273 g/mol. The van der Waals surface area contributed by atoms with Crippen molar-refractivity contribution in [1.82, 2.24) is 5.32 Å². The maximum atomic E-state index is 13.0. The smallest absolute Gasteiger partial charge is 0.306 e. The Morgan fingerprint density at radius 3 is 2.48 bits per heavy atom. The predicted octanol–water partition coefficient (Wildman–Crippen LogP) is 2.38. The highest BCUT2D eigenvalue weighted by molar-refractivity contribution is 5.79. The molecule has 0 unspecified atom stereocenters. The number of rotatable bonds is 5. The fourth-order valence-electron chi connectivity index (χ4n) is 2.77. The van der Waals surface area contributed by atoms with Gasteiger partial charge in [0, 0.05) is 12.5 Å². The molecule has 0 radical (unpaired) electrons. The second kappa shape index (κ2) is 7.20. The Bertz CT molecular complexity index is 510. The molecule has 21 heavy (non-hydrogen) atoms. The molecule has 1 aromatic carbocycles. The van der Waals surface area contributed by atoms with Crippen LogP contribution in [0, 0.1) is 17.7 Å². The van der Waals surface area contributed by atoms with E-state index < -0.39 is 5.97 Å². The highest BCUT2D eigenvalue weighted by atomic mass is 19.1. The Morgan fingerprint density at radius 2 is 1.86 bits per heavy atom. The van der Waals surface area contributed by atoms with Gasteiger partial charge in [-0.15, -0.1) is 0 Å². The maximum Gasteiger partial charge on any atom is 0.306 e. The Balaban J connectivity index is 1.72. The second-order valence-corrected chi connectivity index (χ2v) is 5.56. The van der Waals surface area contributed by atoms with Crippen molar-refractivity contribution in [3.63, 3.8) is 0 Å². The molecule has 1 fully saturated rings. The first-order chi connectivity index (χ1) is 10.1. The molecule has 2 rings (SSSR count). The van der Waals surface area contributed by atoms with Gasteiger partial charge in [-0.25, -0.2) is 4.39 Å². The lowest BCUT2D eigenvalue weighted by molar-refractivity contribution is -0.144. The van der Waals surface area contributed by atoms with E-state index in [1.54, 1.807) is 6.07 Å². The molecule has 0 aromatic heterocycles. The van der Waals surface area contributed by atoms with E-state index in [2.05, 4.69) is 5.32 Å². The minimum Gasteiger partial charge on any atom is -0.481 e. The van der Waals surface area contributed by atoms with Gasteiger partial charge in [-0.05, 0) is 49.8 Å². The van der Waals surface area contributed by atoms with Crippen LogP contribution < -0.4 is 5.32 Å². The topological polar surface area (TPSA) is 66.4 Å². The molecule has 0 aliphatic heterocycles. The Morgan fingerprint density at radius 1 is 1.19 bits per heavy atom. The van der Waals surface area contributed by atoms with Crippen molar-refractivity contribution in [3.05, 3.63) is 35.6 Å². The number of carboxylic acids is 1. The summed E-state index contributed by atoms with van der Waals surface area (Å²) in [6, 6.07) is 6.33. The third-order valence-electron chi connectivity index (χ3n) is 4.05. The fraction of sp³-hybridized carbons (Fsp3) is 0.500. The summed E-state index contributed by atoms with van der Waals surface area (Å²) in [5.74, 6) is -1.45. The predicted molar refractivity (Wildman–Crippen MR) is 76.2 cm³/mol. The summed E-state index contributed by atoms with van der Waals surface area (Å²) < 4.78 is 13.0. The first-order valence-electron chi connectivity index (χ1n) is 7.31. The monoisotopic (exact) mass is 293 g/mol. The van der Waals surface area contributed by atoms with Gasteiger partial charge in [0.05, 0.1) is 5.92 Å². The van der Waals surface area contributed by atoms with Crippen LogP contribution in [0.4, 0.5) is 4.39 Å². The molecule has 114 valence electrons. The minimum absolute atomic E-state index is 0.0183. The van der Waals surface area contributed by atoms with Crippen molar-refractivity contribution in [1.29, 1.82) is 0 Å². The molecule has 1 amide bonds. The summed E-state index contributed by atoms with van der Waals surface area (Å²) >= 11 is 0. The normalized spacial score (nSPS) is 21.8. The van der Waals surface area contributed by atoms with Crippen LogP contribution in [0.25, 0.3) is 0 Å². The van der Waals surface area contributed by atoms with Crippen LogP contribution in [0.3, 0.4) is 0 Å². The molecular formula is C16H20FNO3. The van der Waals surface area contributed by atoms with Crippen molar-refractivity contribution >= 4 is 11.9 Å². The van der Waals surface area contributed by atoms with E-state index in [0.717, 1.165) is 5.56 Å².